The molecule has 15 nitrogen and oxygen atoms in total. The molecule has 3 fully saturated rings. The number of esters is 2. The second kappa shape index (κ2) is 26.0. The zero-order chi connectivity index (χ0) is 53.8. The van der Waals surface area contributed by atoms with Gasteiger partial charge < -0.3 is 44.5 Å². The average Bonchev–Trinajstić information content (AvgIpc) is 3.70. The molecular weight excluding hydrogens is 939 g/mol. The lowest BCUT2D eigenvalue weighted by Gasteiger charge is -2.38. The van der Waals surface area contributed by atoms with E-state index in [9.17, 15) is 24.0 Å². The van der Waals surface area contributed by atoms with Crippen LogP contribution in [0, 0.1) is 13.8 Å². The highest BCUT2D eigenvalue weighted by Gasteiger charge is 2.54. The van der Waals surface area contributed by atoms with E-state index < -0.39 is 59.1 Å². The van der Waals surface area contributed by atoms with E-state index in [0.717, 1.165) is 118 Å². The summed E-state index contributed by atoms with van der Waals surface area (Å²) in [5.41, 5.74) is 2.93. The Hall–Kier alpha value is -5.18. The lowest BCUT2D eigenvalue weighted by Crippen LogP contribution is -2.53. The van der Waals surface area contributed by atoms with Crippen LogP contribution in [0.5, 0.6) is 5.75 Å². The van der Waals surface area contributed by atoms with Crippen molar-refractivity contribution in [2.24, 2.45) is 0 Å². The number of hydrogen-bond donors (Lipinski definition) is 3. The maximum absolute atomic E-state index is 14.5. The van der Waals surface area contributed by atoms with Crippen molar-refractivity contribution >= 4 is 40.9 Å². The van der Waals surface area contributed by atoms with Crippen LogP contribution in [0.4, 0.5) is 9.59 Å². The molecule has 3 N–H and O–H groups in total. The number of hydrogen-bond acceptors (Lipinski definition) is 12. The van der Waals surface area contributed by atoms with Gasteiger partial charge in [-0.2, -0.15) is 0 Å². The zero-order valence-corrected chi connectivity index (χ0v) is 46.3. The zero-order valence-electron chi connectivity index (χ0n) is 46.3. The number of allylic oxidation sites excluding steroid dienone is 2. The Balaban J connectivity index is 1.15. The summed E-state index contributed by atoms with van der Waals surface area (Å²) in [5.74, 6) is -0.278. The van der Waals surface area contributed by atoms with Crippen molar-refractivity contribution in [3.8, 4) is 5.75 Å². The highest BCUT2D eigenvalue weighted by atomic mass is 16.6. The van der Waals surface area contributed by atoms with Gasteiger partial charge in [-0.15, -0.1) is 13.2 Å². The Kier molecular flexibility index (Phi) is 20.4. The van der Waals surface area contributed by atoms with Gasteiger partial charge in [-0.1, -0.05) is 50.7 Å². The van der Waals surface area contributed by atoms with Crippen LogP contribution in [0.2, 0.25) is 0 Å². The largest absolute Gasteiger partial charge is 0.483 e. The molecule has 4 aliphatic rings. The summed E-state index contributed by atoms with van der Waals surface area (Å²) in [5, 5.41) is 10.7. The maximum Gasteiger partial charge on any atom is 0.408 e. The Morgan fingerprint density at radius 1 is 0.838 bits per heavy atom. The number of unbranched alkanes of at least 4 members (excludes halogenated alkanes) is 6. The molecular formula is C59H89N5O10. The Bertz CT molecular complexity index is 2300. The van der Waals surface area contributed by atoms with Gasteiger partial charge in [0.25, 0.3) is 0 Å². The summed E-state index contributed by atoms with van der Waals surface area (Å²) >= 11 is 0. The molecule has 6 rings (SSSR count). The lowest BCUT2D eigenvalue weighted by atomic mass is 9.78. The number of pyridine rings is 1. The number of rotatable bonds is 21. The van der Waals surface area contributed by atoms with Crippen molar-refractivity contribution in [1.82, 2.24) is 25.8 Å². The van der Waals surface area contributed by atoms with Crippen LogP contribution in [-0.2, 0) is 39.8 Å². The molecule has 410 valence electrons. The second-order valence-corrected chi connectivity index (χ2v) is 23.6. The van der Waals surface area contributed by atoms with E-state index in [1.807, 2.05) is 39.8 Å². The topological polar surface area (TPSA) is 184 Å². The number of benzene rings is 1. The van der Waals surface area contributed by atoms with Gasteiger partial charge in [0, 0.05) is 29.5 Å². The minimum absolute atomic E-state index is 0.0174. The fraction of sp³-hybridized carbons (Fsp3) is 0.695. The number of amides is 3. The summed E-state index contributed by atoms with van der Waals surface area (Å²) in [7, 11) is 1.33. The molecule has 1 aromatic heterocycles. The summed E-state index contributed by atoms with van der Waals surface area (Å²) in [6, 6.07) is 2.22. The van der Waals surface area contributed by atoms with E-state index >= 15 is 0 Å². The van der Waals surface area contributed by atoms with Crippen molar-refractivity contribution in [3.63, 3.8) is 0 Å². The van der Waals surface area contributed by atoms with E-state index in [-0.39, 0.29) is 37.1 Å². The number of nitrogens with zero attached hydrogens (tertiary/aromatic N) is 2. The molecule has 1 saturated heterocycles. The summed E-state index contributed by atoms with van der Waals surface area (Å²) in [6.07, 6.45) is 19.3. The molecule has 1 spiro atoms. The summed E-state index contributed by atoms with van der Waals surface area (Å²) < 4.78 is 29.7. The molecule has 2 aliphatic carbocycles. The van der Waals surface area contributed by atoms with Gasteiger partial charge in [-0.3, -0.25) is 4.79 Å². The standard InChI is InChI=1S/C59H89N5O10/c1-12-14-16-18-20-28-46(62-55(68)73-57(5,6)7)52(65)64-37-59(36-49(64)54(67)70-11)32-31-42-44-33-38(3)43(35-48(44)60-39(4)51(42)72-59)40-25-24-26-41(34-40)61-45-27-22-23-30-50(45)71-53(66)47(29-21-19-17-15-13-2)63-56(69)74-58(8,9)10/h12-13,33,35,40-41,45-47,49-50,61H,1-2,14-32,34,36-37H2,3-11H3,(H,62,68)(H,63,69)/t40?,41?,45?,46-,47-,49-,50?,59+/m0/s1. The number of ether oxygens (including phenoxy) is 5. The molecule has 2 saturated carbocycles. The molecule has 74 heavy (non-hydrogen) atoms. The van der Waals surface area contributed by atoms with E-state index in [0.29, 0.717) is 43.8 Å². The van der Waals surface area contributed by atoms with E-state index in [1.54, 1.807) is 25.7 Å². The number of fused-ring (bicyclic) bond motifs is 3. The van der Waals surface area contributed by atoms with Gasteiger partial charge in [0.05, 0.1) is 24.9 Å². The monoisotopic (exact) mass is 1030 g/mol. The summed E-state index contributed by atoms with van der Waals surface area (Å²) in [4.78, 5) is 74.5. The first kappa shape index (κ1) is 58.1. The third-order valence-corrected chi connectivity index (χ3v) is 15.2. The van der Waals surface area contributed by atoms with Gasteiger partial charge in [0.2, 0.25) is 5.91 Å². The van der Waals surface area contributed by atoms with Crippen LogP contribution in [0.25, 0.3) is 10.9 Å². The van der Waals surface area contributed by atoms with Crippen molar-refractivity contribution in [2.45, 2.75) is 249 Å². The first-order chi connectivity index (χ1) is 35.1. The smallest absolute Gasteiger partial charge is 0.408 e. The average molecular weight is 1030 g/mol. The minimum atomic E-state index is -0.901. The molecule has 3 amide bonds. The molecule has 0 bridgehead atoms. The first-order valence-electron chi connectivity index (χ1n) is 27.8. The third kappa shape index (κ3) is 15.9. The van der Waals surface area contributed by atoms with E-state index in [2.05, 4.69) is 48.2 Å². The second-order valence-electron chi connectivity index (χ2n) is 23.6. The first-order valence-corrected chi connectivity index (χ1v) is 27.8. The van der Waals surface area contributed by atoms with Crippen molar-refractivity contribution in [1.29, 1.82) is 0 Å². The highest BCUT2D eigenvalue weighted by molar-refractivity contribution is 5.91. The van der Waals surface area contributed by atoms with Gasteiger partial charge in [-0.25, -0.2) is 24.2 Å². The summed E-state index contributed by atoms with van der Waals surface area (Å²) in [6.45, 7) is 22.7. The molecule has 0 radical (unpaired) electrons. The SMILES string of the molecule is C=CCCCCC[C@H](NC(=O)OC(C)(C)C)C(=O)OC1CCCCC1NC1CCCC(c2cc3nc(C)c4c(c3cc2C)CC[C@]2(C[C@@H](C(=O)OC)N(C(=O)[C@H](CCCCCC=C)NC(=O)OC(C)(C)C)C2)O4)C1. The van der Waals surface area contributed by atoms with Crippen LogP contribution >= 0.6 is 0 Å². The van der Waals surface area contributed by atoms with Gasteiger partial charge in [-0.05, 0) is 174 Å². The van der Waals surface area contributed by atoms with Crippen LogP contribution < -0.4 is 20.7 Å². The van der Waals surface area contributed by atoms with Crippen LogP contribution in [0.15, 0.2) is 37.4 Å². The number of carbonyl (C=O) groups excluding carboxylic acids is 5. The third-order valence-electron chi connectivity index (χ3n) is 15.2. The van der Waals surface area contributed by atoms with Crippen LogP contribution in [-0.4, -0.2) is 107 Å². The molecule has 15 heteroatoms. The number of alkyl carbamates (subject to hydrolysis) is 2. The van der Waals surface area contributed by atoms with Gasteiger partial charge >= 0.3 is 24.1 Å². The predicted molar refractivity (Wildman–Crippen MR) is 288 cm³/mol. The minimum Gasteiger partial charge on any atom is -0.483 e. The number of carbonyl (C=O) groups is 5. The van der Waals surface area contributed by atoms with Crippen LogP contribution in [0.3, 0.4) is 0 Å². The number of aryl methyl sites for hydroxylation is 3. The molecule has 3 heterocycles. The molecule has 2 aromatic rings. The molecule has 2 aliphatic heterocycles. The Morgan fingerprint density at radius 3 is 2.11 bits per heavy atom. The van der Waals surface area contributed by atoms with Gasteiger partial charge in [0.1, 0.15) is 46.8 Å². The van der Waals surface area contributed by atoms with E-state index in [4.69, 9.17) is 28.7 Å². The molecule has 1 aromatic carbocycles. The van der Waals surface area contributed by atoms with Crippen molar-refractivity contribution in [2.75, 3.05) is 13.7 Å². The normalized spacial score (nSPS) is 23.7. The number of methoxy groups -OCH3 is 1. The number of likely N-dealkylation sites (tertiary alicyclic amines) is 1. The quantitative estimate of drug-likeness (QED) is 0.0466. The predicted octanol–water partition coefficient (Wildman–Crippen LogP) is 11.2. The Morgan fingerprint density at radius 2 is 1.47 bits per heavy atom. The van der Waals surface area contributed by atoms with Crippen LogP contribution in [0.1, 0.15) is 198 Å². The Labute approximate surface area is 441 Å². The number of aromatic nitrogens is 1. The van der Waals surface area contributed by atoms with Crippen molar-refractivity contribution in [3.05, 3.63) is 59.8 Å². The fourth-order valence-electron chi connectivity index (χ4n) is 11.7. The maximum atomic E-state index is 14.5. The highest BCUT2D eigenvalue weighted by Crippen LogP contribution is 2.46. The molecule has 8 atom stereocenters. The fourth-order valence-corrected chi connectivity index (χ4v) is 11.7. The number of nitrogens with one attached hydrogen (secondary N) is 3. The van der Waals surface area contributed by atoms with Gasteiger partial charge in [0.15, 0.2) is 0 Å². The van der Waals surface area contributed by atoms with Crippen molar-refractivity contribution < 1.29 is 47.7 Å². The lowest BCUT2D eigenvalue weighted by molar-refractivity contribution is -0.155. The molecule has 4 unspecified atom stereocenters. The van der Waals surface area contributed by atoms with E-state index in [1.165, 1.54) is 18.2 Å².